The molecule has 0 aliphatic heterocycles. The van der Waals surface area contributed by atoms with E-state index in [4.69, 9.17) is 15.2 Å². The molecule has 17 heavy (non-hydrogen) atoms. The molecule has 1 rings (SSSR count). The first-order valence-electron chi connectivity index (χ1n) is 5.20. The number of likely N-dealkylation sites (N-methyl/N-ethyl adjacent to an activating group) is 1. The summed E-state index contributed by atoms with van der Waals surface area (Å²) in [5.74, 6) is 1.12. The van der Waals surface area contributed by atoms with E-state index in [0.717, 1.165) is 5.56 Å². The smallest absolute Gasteiger partial charge is 0.226 e. The molecule has 0 bridgehead atoms. The van der Waals surface area contributed by atoms with Crippen LogP contribution >= 0.6 is 0 Å². The molecule has 0 aliphatic carbocycles. The van der Waals surface area contributed by atoms with Crippen molar-refractivity contribution in [3.05, 3.63) is 17.7 Å². The Balaban J connectivity index is 3.04. The van der Waals surface area contributed by atoms with Crippen molar-refractivity contribution in [2.45, 2.75) is 6.42 Å². The Morgan fingerprint density at radius 2 is 1.76 bits per heavy atom. The van der Waals surface area contributed by atoms with Crippen LogP contribution in [0.25, 0.3) is 0 Å². The van der Waals surface area contributed by atoms with Gasteiger partial charge in [-0.2, -0.15) is 0 Å². The molecular weight excluding hydrogens is 220 g/mol. The number of carbonyl (C=O) groups is 1. The van der Waals surface area contributed by atoms with Gasteiger partial charge in [-0.25, -0.2) is 0 Å². The Morgan fingerprint density at radius 3 is 2.24 bits per heavy atom. The number of nitrogen functional groups attached to an aromatic ring is 1. The Bertz CT molecular complexity index is 416. The fourth-order valence-electron chi connectivity index (χ4n) is 1.41. The molecule has 0 saturated heterocycles. The number of hydrogen-bond acceptors (Lipinski definition) is 4. The minimum Gasteiger partial charge on any atom is -0.493 e. The topological polar surface area (TPSA) is 64.8 Å². The highest BCUT2D eigenvalue weighted by Gasteiger charge is 2.13. The van der Waals surface area contributed by atoms with E-state index in [2.05, 4.69) is 0 Å². The Hall–Kier alpha value is -1.91. The maximum atomic E-state index is 11.6. The van der Waals surface area contributed by atoms with Gasteiger partial charge in [0.2, 0.25) is 5.91 Å². The molecule has 0 radical (unpaired) electrons. The van der Waals surface area contributed by atoms with Gasteiger partial charge in [-0.15, -0.1) is 0 Å². The molecular formula is C12H18N2O3. The first-order chi connectivity index (χ1) is 7.99. The van der Waals surface area contributed by atoms with Gasteiger partial charge >= 0.3 is 0 Å². The van der Waals surface area contributed by atoms with Gasteiger partial charge in [0.05, 0.1) is 20.6 Å². The largest absolute Gasteiger partial charge is 0.493 e. The lowest BCUT2D eigenvalue weighted by Gasteiger charge is -2.14. The molecule has 0 fully saturated rings. The van der Waals surface area contributed by atoms with Gasteiger partial charge in [-0.3, -0.25) is 4.79 Å². The number of ether oxygens (including phenoxy) is 2. The lowest BCUT2D eigenvalue weighted by Crippen LogP contribution is -2.23. The first kappa shape index (κ1) is 13.2. The van der Waals surface area contributed by atoms with Crippen LogP contribution in [-0.4, -0.2) is 39.1 Å². The van der Waals surface area contributed by atoms with Crippen molar-refractivity contribution in [1.82, 2.24) is 4.90 Å². The van der Waals surface area contributed by atoms with Crippen LogP contribution in [0.2, 0.25) is 0 Å². The van der Waals surface area contributed by atoms with E-state index in [-0.39, 0.29) is 12.3 Å². The van der Waals surface area contributed by atoms with Crippen molar-refractivity contribution in [3.63, 3.8) is 0 Å². The fraction of sp³-hybridized carbons (Fsp3) is 0.417. The second-order valence-electron chi connectivity index (χ2n) is 3.87. The highest BCUT2D eigenvalue weighted by molar-refractivity contribution is 5.80. The summed E-state index contributed by atoms with van der Waals surface area (Å²) in [4.78, 5) is 13.1. The van der Waals surface area contributed by atoms with Crippen LogP contribution in [0.1, 0.15) is 5.56 Å². The second kappa shape index (κ2) is 5.43. The SMILES string of the molecule is COc1cc(N)c(CC(=O)N(C)C)cc1OC. The summed E-state index contributed by atoms with van der Waals surface area (Å²) in [5.41, 5.74) is 7.13. The number of amides is 1. The van der Waals surface area contributed by atoms with Crippen molar-refractivity contribution in [2.24, 2.45) is 0 Å². The Kier molecular flexibility index (Phi) is 4.20. The number of anilines is 1. The molecule has 1 aromatic rings. The van der Waals surface area contributed by atoms with Crippen LogP contribution in [-0.2, 0) is 11.2 Å². The van der Waals surface area contributed by atoms with Gasteiger partial charge in [-0.1, -0.05) is 0 Å². The van der Waals surface area contributed by atoms with Crippen molar-refractivity contribution < 1.29 is 14.3 Å². The highest BCUT2D eigenvalue weighted by atomic mass is 16.5. The molecule has 0 spiro atoms. The van der Waals surface area contributed by atoms with E-state index in [1.165, 1.54) is 4.90 Å². The van der Waals surface area contributed by atoms with Gasteiger partial charge < -0.3 is 20.1 Å². The average molecular weight is 238 g/mol. The number of rotatable bonds is 4. The molecule has 5 heteroatoms. The van der Waals surface area contributed by atoms with E-state index < -0.39 is 0 Å². The van der Waals surface area contributed by atoms with Crippen LogP contribution in [0.5, 0.6) is 11.5 Å². The zero-order valence-corrected chi connectivity index (χ0v) is 10.6. The first-order valence-corrected chi connectivity index (χ1v) is 5.20. The summed E-state index contributed by atoms with van der Waals surface area (Å²) in [7, 11) is 6.51. The normalized spacial score (nSPS) is 9.88. The summed E-state index contributed by atoms with van der Waals surface area (Å²) < 4.78 is 10.3. The van der Waals surface area contributed by atoms with Crippen molar-refractivity contribution >= 4 is 11.6 Å². The molecule has 1 aromatic carbocycles. The zero-order chi connectivity index (χ0) is 13.0. The van der Waals surface area contributed by atoms with Crippen LogP contribution in [0.4, 0.5) is 5.69 Å². The standard InChI is InChI=1S/C12H18N2O3/c1-14(2)12(15)6-8-5-10(16-3)11(17-4)7-9(8)13/h5,7H,6,13H2,1-4H3. The average Bonchev–Trinajstić information content (AvgIpc) is 2.30. The summed E-state index contributed by atoms with van der Waals surface area (Å²) in [6.45, 7) is 0. The zero-order valence-electron chi connectivity index (χ0n) is 10.6. The predicted molar refractivity (Wildman–Crippen MR) is 66.4 cm³/mol. The number of hydrogen-bond donors (Lipinski definition) is 1. The predicted octanol–water partition coefficient (Wildman–Crippen LogP) is 0.917. The number of nitrogens with two attached hydrogens (primary N) is 1. The third-order valence-corrected chi connectivity index (χ3v) is 2.49. The minimum absolute atomic E-state index is 0.0103. The fourth-order valence-corrected chi connectivity index (χ4v) is 1.41. The number of methoxy groups -OCH3 is 2. The van der Waals surface area contributed by atoms with Crippen LogP contribution < -0.4 is 15.2 Å². The molecule has 2 N–H and O–H groups in total. The van der Waals surface area contributed by atoms with E-state index in [0.29, 0.717) is 17.2 Å². The van der Waals surface area contributed by atoms with Gasteiger partial charge in [0, 0.05) is 25.8 Å². The lowest BCUT2D eigenvalue weighted by atomic mass is 10.1. The van der Waals surface area contributed by atoms with E-state index in [1.54, 1.807) is 40.4 Å². The van der Waals surface area contributed by atoms with E-state index in [1.807, 2.05) is 0 Å². The molecule has 0 unspecified atom stereocenters. The summed E-state index contributed by atoms with van der Waals surface area (Å²) in [6, 6.07) is 3.40. The third-order valence-electron chi connectivity index (χ3n) is 2.49. The van der Waals surface area contributed by atoms with Crippen LogP contribution in [0.3, 0.4) is 0 Å². The minimum atomic E-state index is -0.0103. The van der Waals surface area contributed by atoms with Gasteiger partial charge in [0.15, 0.2) is 11.5 Å². The molecule has 0 aromatic heterocycles. The maximum Gasteiger partial charge on any atom is 0.226 e. The summed E-state index contributed by atoms with van der Waals surface area (Å²) in [5, 5.41) is 0. The molecule has 0 heterocycles. The maximum absolute atomic E-state index is 11.6. The molecule has 1 amide bonds. The van der Waals surface area contributed by atoms with Crippen LogP contribution in [0.15, 0.2) is 12.1 Å². The van der Waals surface area contributed by atoms with E-state index in [9.17, 15) is 4.79 Å². The van der Waals surface area contributed by atoms with Crippen molar-refractivity contribution in [2.75, 3.05) is 34.0 Å². The van der Waals surface area contributed by atoms with E-state index >= 15 is 0 Å². The summed E-state index contributed by atoms with van der Waals surface area (Å²) in [6.07, 6.45) is 0.249. The number of carbonyl (C=O) groups excluding carboxylic acids is 1. The molecule has 5 nitrogen and oxygen atoms in total. The van der Waals surface area contributed by atoms with Gasteiger partial charge in [-0.05, 0) is 11.6 Å². The number of benzene rings is 1. The molecule has 94 valence electrons. The Labute approximate surface area is 101 Å². The highest BCUT2D eigenvalue weighted by Crippen LogP contribution is 2.32. The van der Waals surface area contributed by atoms with Gasteiger partial charge in [0.1, 0.15) is 0 Å². The lowest BCUT2D eigenvalue weighted by molar-refractivity contribution is -0.127. The van der Waals surface area contributed by atoms with Crippen molar-refractivity contribution in [3.8, 4) is 11.5 Å². The van der Waals surface area contributed by atoms with Crippen LogP contribution in [0, 0.1) is 0 Å². The number of nitrogens with zero attached hydrogens (tertiary/aromatic N) is 1. The molecule has 0 aliphatic rings. The third kappa shape index (κ3) is 3.03. The monoisotopic (exact) mass is 238 g/mol. The van der Waals surface area contributed by atoms with Crippen molar-refractivity contribution in [1.29, 1.82) is 0 Å². The molecule has 0 saturated carbocycles. The second-order valence-corrected chi connectivity index (χ2v) is 3.87. The van der Waals surface area contributed by atoms with Gasteiger partial charge in [0.25, 0.3) is 0 Å². The molecule has 0 atom stereocenters. The Morgan fingerprint density at radius 1 is 1.24 bits per heavy atom. The summed E-state index contributed by atoms with van der Waals surface area (Å²) >= 11 is 0. The quantitative estimate of drug-likeness (QED) is 0.792.